The van der Waals surface area contributed by atoms with Gasteiger partial charge in [0.25, 0.3) is 0 Å². The SMILES string of the molecule is CN1CCC1C(N)O. The molecule has 0 amide bonds. The Kier molecular flexibility index (Phi) is 1.51. The van der Waals surface area contributed by atoms with E-state index in [1.165, 1.54) is 0 Å². The second kappa shape index (κ2) is 2.01. The lowest BCUT2D eigenvalue weighted by Crippen LogP contribution is -2.54. The predicted octanol–water partition coefficient (Wildman–Crippen LogP) is -1.03. The second-order valence-corrected chi connectivity index (χ2v) is 2.33. The number of aliphatic hydroxyl groups excluding tert-OH is 1. The van der Waals surface area contributed by atoms with Crippen molar-refractivity contribution in [3.63, 3.8) is 0 Å². The van der Waals surface area contributed by atoms with Gasteiger partial charge < -0.3 is 10.8 Å². The van der Waals surface area contributed by atoms with Crippen molar-refractivity contribution in [1.29, 1.82) is 0 Å². The molecule has 0 aromatic rings. The van der Waals surface area contributed by atoms with E-state index in [1.54, 1.807) is 0 Å². The van der Waals surface area contributed by atoms with E-state index in [4.69, 9.17) is 10.8 Å². The van der Waals surface area contributed by atoms with Crippen molar-refractivity contribution < 1.29 is 5.11 Å². The molecule has 48 valence electrons. The highest BCUT2D eigenvalue weighted by atomic mass is 16.3. The highest BCUT2D eigenvalue weighted by Gasteiger charge is 2.28. The molecule has 1 aliphatic heterocycles. The average molecular weight is 116 g/mol. The smallest absolute Gasteiger partial charge is 0.118 e. The first kappa shape index (κ1) is 6.01. The number of rotatable bonds is 1. The number of hydrogen-bond donors (Lipinski definition) is 2. The first-order valence-corrected chi connectivity index (χ1v) is 2.85. The average Bonchev–Trinajstić information content (AvgIpc) is 1.61. The third-order valence-electron chi connectivity index (χ3n) is 1.74. The molecule has 1 heterocycles. The summed E-state index contributed by atoms with van der Waals surface area (Å²) in [4.78, 5) is 2.05. The predicted molar refractivity (Wildman–Crippen MR) is 31.2 cm³/mol. The summed E-state index contributed by atoms with van der Waals surface area (Å²) in [5.74, 6) is 0. The minimum absolute atomic E-state index is 0.218. The highest BCUT2D eigenvalue weighted by Crippen LogP contribution is 2.14. The van der Waals surface area contributed by atoms with Crippen LogP contribution in [0.4, 0.5) is 0 Å². The van der Waals surface area contributed by atoms with E-state index in [0.717, 1.165) is 13.0 Å². The van der Waals surface area contributed by atoms with Gasteiger partial charge in [0.2, 0.25) is 0 Å². The van der Waals surface area contributed by atoms with Crippen LogP contribution in [-0.2, 0) is 0 Å². The number of nitrogens with two attached hydrogens (primary N) is 1. The van der Waals surface area contributed by atoms with Gasteiger partial charge in [-0.05, 0) is 20.0 Å². The number of hydrogen-bond acceptors (Lipinski definition) is 3. The molecule has 0 saturated carbocycles. The number of likely N-dealkylation sites (tertiary alicyclic amines) is 1. The lowest BCUT2D eigenvalue weighted by molar-refractivity contribution is 0.00677. The van der Waals surface area contributed by atoms with Crippen LogP contribution in [0, 0.1) is 0 Å². The Labute approximate surface area is 49.1 Å². The maximum Gasteiger partial charge on any atom is 0.118 e. The molecule has 1 fully saturated rings. The summed E-state index contributed by atoms with van der Waals surface area (Å²) >= 11 is 0. The van der Waals surface area contributed by atoms with Crippen molar-refractivity contribution in [3.8, 4) is 0 Å². The summed E-state index contributed by atoms with van der Waals surface area (Å²) in [6, 6.07) is 0.218. The van der Waals surface area contributed by atoms with Crippen LogP contribution in [0.25, 0.3) is 0 Å². The van der Waals surface area contributed by atoms with E-state index < -0.39 is 6.23 Å². The first-order valence-electron chi connectivity index (χ1n) is 2.85. The fourth-order valence-corrected chi connectivity index (χ4v) is 0.968. The zero-order chi connectivity index (χ0) is 6.15. The summed E-state index contributed by atoms with van der Waals surface area (Å²) < 4.78 is 0. The minimum atomic E-state index is -0.645. The molecule has 3 heteroatoms. The summed E-state index contributed by atoms with van der Waals surface area (Å²) in [6.07, 6.45) is 0.391. The monoisotopic (exact) mass is 116 g/mol. The molecular formula is C5H12N2O. The number of aliphatic hydroxyl groups is 1. The fourth-order valence-electron chi connectivity index (χ4n) is 0.968. The minimum Gasteiger partial charge on any atom is -0.377 e. The number of likely N-dealkylation sites (N-methyl/N-ethyl adjacent to an activating group) is 1. The Morgan fingerprint density at radius 3 is 2.50 bits per heavy atom. The summed E-state index contributed by atoms with van der Waals surface area (Å²) in [7, 11) is 1.96. The molecule has 0 bridgehead atoms. The van der Waals surface area contributed by atoms with Gasteiger partial charge in [0.1, 0.15) is 6.23 Å². The van der Waals surface area contributed by atoms with Gasteiger partial charge in [-0.15, -0.1) is 0 Å². The Hall–Kier alpha value is -0.120. The van der Waals surface area contributed by atoms with Crippen LogP contribution in [0.3, 0.4) is 0 Å². The third kappa shape index (κ3) is 0.844. The molecule has 0 radical (unpaired) electrons. The van der Waals surface area contributed by atoms with Crippen LogP contribution in [0.15, 0.2) is 0 Å². The van der Waals surface area contributed by atoms with E-state index in [-0.39, 0.29) is 6.04 Å². The van der Waals surface area contributed by atoms with E-state index in [9.17, 15) is 0 Å². The van der Waals surface area contributed by atoms with Crippen molar-refractivity contribution in [1.82, 2.24) is 4.90 Å². The zero-order valence-electron chi connectivity index (χ0n) is 5.04. The van der Waals surface area contributed by atoms with Gasteiger partial charge in [-0.25, -0.2) is 0 Å². The zero-order valence-corrected chi connectivity index (χ0v) is 5.04. The van der Waals surface area contributed by atoms with Gasteiger partial charge in [-0.2, -0.15) is 0 Å². The van der Waals surface area contributed by atoms with Gasteiger partial charge in [-0.1, -0.05) is 0 Å². The van der Waals surface area contributed by atoms with Crippen LogP contribution in [0.1, 0.15) is 6.42 Å². The van der Waals surface area contributed by atoms with Crippen LogP contribution in [0.5, 0.6) is 0 Å². The lowest BCUT2D eigenvalue weighted by atomic mass is 10.0. The van der Waals surface area contributed by atoms with E-state index >= 15 is 0 Å². The van der Waals surface area contributed by atoms with Crippen LogP contribution in [0.2, 0.25) is 0 Å². The summed E-state index contributed by atoms with van der Waals surface area (Å²) in [6.45, 7) is 1.07. The normalized spacial score (nSPS) is 34.1. The van der Waals surface area contributed by atoms with Crippen LogP contribution >= 0.6 is 0 Å². The highest BCUT2D eigenvalue weighted by molar-refractivity contribution is 4.82. The topological polar surface area (TPSA) is 49.5 Å². The Morgan fingerprint density at radius 1 is 1.88 bits per heavy atom. The maximum atomic E-state index is 8.78. The van der Waals surface area contributed by atoms with E-state index in [1.807, 2.05) is 11.9 Å². The second-order valence-electron chi connectivity index (χ2n) is 2.33. The van der Waals surface area contributed by atoms with Crippen molar-refractivity contribution in [3.05, 3.63) is 0 Å². The largest absolute Gasteiger partial charge is 0.377 e. The van der Waals surface area contributed by atoms with Gasteiger partial charge in [-0.3, -0.25) is 4.90 Å². The molecule has 1 aliphatic rings. The Morgan fingerprint density at radius 2 is 2.50 bits per heavy atom. The lowest BCUT2D eigenvalue weighted by Gasteiger charge is -2.39. The third-order valence-corrected chi connectivity index (χ3v) is 1.74. The van der Waals surface area contributed by atoms with E-state index in [2.05, 4.69) is 0 Å². The van der Waals surface area contributed by atoms with Crippen molar-refractivity contribution >= 4 is 0 Å². The Bertz CT molecular complexity index is 79.7. The standard InChI is InChI=1S/C5H12N2O/c1-7-3-2-4(7)5(6)8/h4-5,8H,2-3,6H2,1H3. The molecule has 0 aromatic heterocycles. The molecule has 2 atom stereocenters. The van der Waals surface area contributed by atoms with Crippen LogP contribution < -0.4 is 5.73 Å². The molecule has 3 nitrogen and oxygen atoms in total. The maximum absolute atomic E-state index is 8.78. The van der Waals surface area contributed by atoms with Gasteiger partial charge >= 0.3 is 0 Å². The molecule has 0 spiro atoms. The summed E-state index contributed by atoms with van der Waals surface area (Å²) in [5.41, 5.74) is 5.20. The molecule has 0 aliphatic carbocycles. The fraction of sp³-hybridized carbons (Fsp3) is 1.00. The van der Waals surface area contributed by atoms with Gasteiger partial charge in [0.15, 0.2) is 0 Å². The van der Waals surface area contributed by atoms with E-state index in [0.29, 0.717) is 0 Å². The summed E-state index contributed by atoms with van der Waals surface area (Å²) in [5, 5.41) is 8.78. The molecule has 3 N–H and O–H groups in total. The molecule has 1 rings (SSSR count). The quantitative estimate of drug-likeness (QED) is 0.431. The van der Waals surface area contributed by atoms with Crippen LogP contribution in [-0.4, -0.2) is 35.9 Å². The molecular weight excluding hydrogens is 104 g/mol. The van der Waals surface area contributed by atoms with Crippen molar-refractivity contribution in [2.45, 2.75) is 18.7 Å². The molecule has 0 aromatic carbocycles. The number of nitrogens with zero attached hydrogens (tertiary/aromatic N) is 1. The molecule has 2 unspecified atom stereocenters. The Balaban J connectivity index is 2.26. The van der Waals surface area contributed by atoms with Gasteiger partial charge in [0, 0.05) is 6.04 Å². The van der Waals surface area contributed by atoms with Crippen molar-refractivity contribution in [2.75, 3.05) is 13.6 Å². The molecule has 1 saturated heterocycles. The first-order chi connectivity index (χ1) is 3.72. The van der Waals surface area contributed by atoms with Gasteiger partial charge in [0.05, 0.1) is 0 Å². The molecule has 8 heavy (non-hydrogen) atoms. The van der Waals surface area contributed by atoms with Crippen molar-refractivity contribution in [2.24, 2.45) is 5.73 Å².